The summed E-state index contributed by atoms with van der Waals surface area (Å²) in [5, 5.41) is 2.59. The molecule has 0 heterocycles. The number of hydrogen-bond acceptors (Lipinski definition) is 1. The van der Waals surface area contributed by atoms with Gasteiger partial charge in [-0.2, -0.15) is 0 Å². The van der Waals surface area contributed by atoms with Gasteiger partial charge in [0.1, 0.15) is 0 Å². The summed E-state index contributed by atoms with van der Waals surface area (Å²) in [6.07, 6.45) is 0.884. The van der Waals surface area contributed by atoms with Gasteiger partial charge in [0.05, 0.1) is 0 Å². The number of fused-ring (bicyclic) bond motifs is 1. The molecule has 0 aliphatic carbocycles. The number of nitrogen functional groups attached to an aromatic ring is 1. The molecule has 0 aromatic heterocycles. The molecule has 0 spiro atoms. The van der Waals surface area contributed by atoms with Crippen molar-refractivity contribution in [2.24, 2.45) is 0 Å². The molecule has 0 unspecified atom stereocenters. The molecule has 0 aliphatic rings. The van der Waals surface area contributed by atoms with E-state index in [-0.39, 0.29) is 0 Å². The maximum Gasteiger partial charge on any atom is 0.0350 e. The molecule has 0 atom stereocenters. The van der Waals surface area contributed by atoms with Gasteiger partial charge in [-0.05, 0) is 34.9 Å². The second-order valence-corrected chi connectivity index (χ2v) is 5.02. The minimum Gasteiger partial charge on any atom is -0.398 e. The molecular weight excluding hydrogens is 230 g/mol. The Labute approximate surface area is 113 Å². The van der Waals surface area contributed by atoms with Crippen molar-refractivity contribution < 1.29 is 0 Å². The molecule has 0 saturated heterocycles. The summed E-state index contributed by atoms with van der Waals surface area (Å²) in [5.41, 5.74) is 10.7. The second kappa shape index (κ2) is 4.77. The highest BCUT2D eigenvalue weighted by molar-refractivity contribution is 5.86. The van der Waals surface area contributed by atoms with Crippen molar-refractivity contribution in [2.45, 2.75) is 13.3 Å². The Kier molecular flexibility index (Phi) is 2.96. The van der Waals surface area contributed by atoms with Gasteiger partial charge in [-0.1, -0.05) is 60.2 Å². The van der Waals surface area contributed by atoms with E-state index >= 15 is 0 Å². The van der Waals surface area contributed by atoms with Crippen LogP contribution in [0.15, 0.2) is 60.7 Å². The lowest BCUT2D eigenvalue weighted by Gasteiger charge is -2.10. The molecule has 3 rings (SSSR count). The van der Waals surface area contributed by atoms with Gasteiger partial charge in [0.25, 0.3) is 0 Å². The highest BCUT2D eigenvalue weighted by Crippen LogP contribution is 2.24. The van der Waals surface area contributed by atoms with Gasteiger partial charge in [-0.3, -0.25) is 0 Å². The Morgan fingerprint density at radius 1 is 0.842 bits per heavy atom. The van der Waals surface area contributed by atoms with Crippen LogP contribution in [0.1, 0.15) is 16.7 Å². The van der Waals surface area contributed by atoms with Crippen LogP contribution in [0.25, 0.3) is 10.8 Å². The van der Waals surface area contributed by atoms with E-state index in [1.54, 1.807) is 0 Å². The Hall–Kier alpha value is -2.28. The molecule has 0 fully saturated rings. The van der Waals surface area contributed by atoms with E-state index in [0.29, 0.717) is 0 Å². The first-order valence-electron chi connectivity index (χ1n) is 6.56. The SMILES string of the molecule is Cc1ccc(N)c(Cc2cccc3ccccc23)c1. The number of benzene rings is 3. The third kappa shape index (κ3) is 2.32. The van der Waals surface area contributed by atoms with Crippen LogP contribution < -0.4 is 5.73 Å². The van der Waals surface area contributed by atoms with Gasteiger partial charge in [-0.25, -0.2) is 0 Å². The van der Waals surface area contributed by atoms with E-state index < -0.39 is 0 Å². The predicted molar refractivity (Wildman–Crippen MR) is 82.3 cm³/mol. The predicted octanol–water partition coefficient (Wildman–Crippen LogP) is 4.32. The summed E-state index contributed by atoms with van der Waals surface area (Å²) < 4.78 is 0. The Bertz CT molecular complexity index is 723. The first kappa shape index (κ1) is 11.8. The van der Waals surface area contributed by atoms with Crippen molar-refractivity contribution in [3.05, 3.63) is 77.4 Å². The molecule has 2 N–H and O–H groups in total. The molecule has 1 heteroatoms. The third-order valence-corrected chi connectivity index (χ3v) is 3.56. The summed E-state index contributed by atoms with van der Waals surface area (Å²) >= 11 is 0. The van der Waals surface area contributed by atoms with Crippen LogP contribution in [0, 0.1) is 6.92 Å². The zero-order valence-electron chi connectivity index (χ0n) is 11.1. The molecule has 0 aliphatic heterocycles. The topological polar surface area (TPSA) is 26.0 Å². The Balaban J connectivity index is 2.08. The van der Waals surface area contributed by atoms with Crippen LogP contribution in [-0.4, -0.2) is 0 Å². The van der Waals surface area contributed by atoms with Crippen LogP contribution in [0.5, 0.6) is 0 Å². The van der Waals surface area contributed by atoms with Crippen molar-refractivity contribution in [3.8, 4) is 0 Å². The minimum absolute atomic E-state index is 0.874. The number of rotatable bonds is 2. The highest BCUT2D eigenvalue weighted by atomic mass is 14.6. The lowest BCUT2D eigenvalue weighted by atomic mass is 9.97. The third-order valence-electron chi connectivity index (χ3n) is 3.56. The summed E-state index contributed by atoms with van der Waals surface area (Å²) in [6, 6.07) is 21.2. The van der Waals surface area contributed by atoms with Crippen LogP contribution in [0.2, 0.25) is 0 Å². The largest absolute Gasteiger partial charge is 0.398 e. The average Bonchev–Trinajstić information content (AvgIpc) is 2.43. The summed E-state index contributed by atoms with van der Waals surface area (Å²) in [4.78, 5) is 0. The summed E-state index contributed by atoms with van der Waals surface area (Å²) in [6.45, 7) is 2.10. The van der Waals surface area contributed by atoms with Crippen molar-refractivity contribution in [1.29, 1.82) is 0 Å². The van der Waals surface area contributed by atoms with Gasteiger partial charge in [-0.15, -0.1) is 0 Å². The summed E-state index contributed by atoms with van der Waals surface area (Å²) in [7, 11) is 0. The number of anilines is 1. The molecule has 94 valence electrons. The molecule has 0 bridgehead atoms. The molecule has 3 aromatic rings. The molecule has 0 saturated carbocycles. The van der Waals surface area contributed by atoms with Gasteiger partial charge < -0.3 is 5.73 Å². The second-order valence-electron chi connectivity index (χ2n) is 5.02. The van der Waals surface area contributed by atoms with E-state index in [4.69, 9.17) is 5.73 Å². The van der Waals surface area contributed by atoms with Crippen molar-refractivity contribution in [2.75, 3.05) is 5.73 Å². The molecular formula is C18H17N. The fourth-order valence-electron chi connectivity index (χ4n) is 2.54. The van der Waals surface area contributed by atoms with Crippen LogP contribution >= 0.6 is 0 Å². The van der Waals surface area contributed by atoms with E-state index in [0.717, 1.165) is 12.1 Å². The van der Waals surface area contributed by atoms with E-state index in [1.165, 1.54) is 27.5 Å². The van der Waals surface area contributed by atoms with Crippen LogP contribution in [-0.2, 0) is 6.42 Å². The summed E-state index contributed by atoms with van der Waals surface area (Å²) in [5.74, 6) is 0. The zero-order chi connectivity index (χ0) is 13.2. The van der Waals surface area contributed by atoms with Crippen LogP contribution in [0.3, 0.4) is 0 Å². The van der Waals surface area contributed by atoms with Crippen molar-refractivity contribution in [1.82, 2.24) is 0 Å². The Morgan fingerprint density at radius 2 is 1.63 bits per heavy atom. The van der Waals surface area contributed by atoms with Gasteiger partial charge >= 0.3 is 0 Å². The normalized spacial score (nSPS) is 10.8. The van der Waals surface area contributed by atoms with Crippen molar-refractivity contribution in [3.63, 3.8) is 0 Å². The minimum atomic E-state index is 0.874. The Morgan fingerprint density at radius 3 is 2.53 bits per heavy atom. The van der Waals surface area contributed by atoms with Crippen molar-refractivity contribution >= 4 is 16.5 Å². The molecule has 3 aromatic carbocycles. The van der Waals surface area contributed by atoms with E-state index in [9.17, 15) is 0 Å². The molecule has 19 heavy (non-hydrogen) atoms. The van der Waals surface area contributed by atoms with Crippen LogP contribution in [0.4, 0.5) is 5.69 Å². The average molecular weight is 247 g/mol. The fourth-order valence-corrected chi connectivity index (χ4v) is 2.54. The lowest BCUT2D eigenvalue weighted by molar-refractivity contribution is 1.20. The van der Waals surface area contributed by atoms with Gasteiger partial charge in [0.2, 0.25) is 0 Å². The molecule has 0 amide bonds. The zero-order valence-corrected chi connectivity index (χ0v) is 11.1. The maximum absolute atomic E-state index is 6.08. The number of aryl methyl sites for hydroxylation is 1. The van der Waals surface area contributed by atoms with Gasteiger partial charge in [0, 0.05) is 12.1 Å². The standard InChI is InChI=1S/C18H17N/c1-13-9-10-18(19)16(11-13)12-15-7-4-6-14-5-2-3-8-17(14)15/h2-11H,12,19H2,1H3. The first-order valence-corrected chi connectivity index (χ1v) is 6.56. The van der Waals surface area contributed by atoms with Gasteiger partial charge in [0.15, 0.2) is 0 Å². The lowest BCUT2D eigenvalue weighted by Crippen LogP contribution is -1.97. The fraction of sp³-hybridized carbons (Fsp3) is 0.111. The number of nitrogens with two attached hydrogens (primary N) is 1. The number of hydrogen-bond donors (Lipinski definition) is 1. The molecule has 0 radical (unpaired) electrons. The first-order chi connectivity index (χ1) is 9.24. The van der Waals surface area contributed by atoms with E-state index in [1.807, 2.05) is 6.07 Å². The quantitative estimate of drug-likeness (QED) is 0.670. The smallest absolute Gasteiger partial charge is 0.0350 e. The monoisotopic (exact) mass is 247 g/mol. The van der Waals surface area contributed by atoms with E-state index in [2.05, 4.69) is 61.5 Å². The maximum atomic E-state index is 6.08. The highest BCUT2D eigenvalue weighted by Gasteiger charge is 2.04. The molecule has 1 nitrogen and oxygen atoms in total.